The van der Waals surface area contributed by atoms with Crippen molar-refractivity contribution in [3.05, 3.63) is 65.5 Å². The average Bonchev–Trinajstić information content (AvgIpc) is 2.72. The van der Waals surface area contributed by atoms with Crippen molar-refractivity contribution in [1.82, 2.24) is 10.2 Å². The molecule has 0 radical (unpaired) electrons. The predicted octanol–water partition coefficient (Wildman–Crippen LogP) is 2.11. The summed E-state index contributed by atoms with van der Waals surface area (Å²) in [6, 6.07) is 14.1. The molecule has 0 bridgehead atoms. The van der Waals surface area contributed by atoms with Crippen molar-refractivity contribution in [3.63, 3.8) is 0 Å². The first kappa shape index (κ1) is 23.1. The Kier molecular flexibility index (Phi) is 10.9. The Balaban J connectivity index is 0.000000247. The Morgan fingerprint density at radius 3 is 2.36 bits per heavy atom. The number of aromatic hydroxyl groups is 1. The van der Waals surface area contributed by atoms with Gasteiger partial charge < -0.3 is 20.3 Å². The van der Waals surface area contributed by atoms with E-state index in [1.807, 2.05) is 0 Å². The highest BCUT2D eigenvalue weighted by Gasteiger charge is 2.09. The van der Waals surface area contributed by atoms with Crippen LogP contribution in [-0.4, -0.2) is 60.8 Å². The first-order valence-corrected chi connectivity index (χ1v) is 8.64. The van der Waals surface area contributed by atoms with E-state index in [-0.39, 0.29) is 17.9 Å². The van der Waals surface area contributed by atoms with Gasteiger partial charge >= 0.3 is 0 Å². The third kappa shape index (κ3) is 8.61. The summed E-state index contributed by atoms with van der Waals surface area (Å²) >= 11 is 0. The van der Waals surface area contributed by atoms with Gasteiger partial charge in [0, 0.05) is 32.2 Å². The molecule has 3 rings (SSSR count). The van der Waals surface area contributed by atoms with E-state index in [9.17, 15) is 9.18 Å². The third-order valence-electron chi connectivity index (χ3n) is 3.79. The molecule has 1 aliphatic rings. The van der Waals surface area contributed by atoms with Gasteiger partial charge in [0.15, 0.2) is 11.6 Å². The molecule has 1 amide bonds. The van der Waals surface area contributed by atoms with E-state index in [0.29, 0.717) is 0 Å². The van der Waals surface area contributed by atoms with Crippen LogP contribution < -0.4 is 5.32 Å². The van der Waals surface area contributed by atoms with E-state index < -0.39 is 11.6 Å². The Morgan fingerprint density at radius 2 is 1.82 bits per heavy atom. The number of benzene rings is 2. The number of nitrogens with one attached hydrogen (secondary N) is 1. The number of ether oxygens (including phenoxy) is 1. The maximum Gasteiger partial charge on any atom is 0.290 e. The van der Waals surface area contributed by atoms with Crippen LogP contribution in [0, 0.1) is 5.82 Å². The van der Waals surface area contributed by atoms with Crippen molar-refractivity contribution in [3.8, 4) is 5.75 Å². The molecule has 2 aromatic rings. The number of morpholine rings is 1. The van der Waals surface area contributed by atoms with Gasteiger partial charge in [-0.3, -0.25) is 14.5 Å². The van der Waals surface area contributed by atoms with Gasteiger partial charge in [0.25, 0.3) is 12.4 Å². The minimum absolute atomic E-state index is 0.188. The summed E-state index contributed by atoms with van der Waals surface area (Å²) in [5.41, 5.74) is 1.58. The van der Waals surface area contributed by atoms with Crippen LogP contribution in [0.2, 0.25) is 0 Å². The normalized spacial score (nSPS) is 13.2. The van der Waals surface area contributed by atoms with Gasteiger partial charge in [0.05, 0.1) is 13.2 Å². The molecule has 28 heavy (non-hydrogen) atoms. The monoisotopic (exact) mass is 392 g/mol. The molecule has 8 heteroatoms. The van der Waals surface area contributed by atoms with E-state index in [0.717, 1.165) is 45.0 Å². The fraction of sp³-hybridized carbons (Fsp3) is 0.300. The summed E-state index contributed by atoms with van der Waals surface area (Å²) in [7, 11) is 1.45. The molecular weight excluding hydrogens is 367 g/mol. The summed E-state index contributed by atoms with van der Waals surface area (Å²) in [4.78, 5) is 21.7. The lowest BCUT2D eigenvalue weighted by molar-refractivity contribution is -0.122. The molecule has 0 saturated carbocycles. The highest BCUT2D eigenvalue weighted by atomic mass is 19.1. The Bertz CT molecular complexity index is 722. The van der Waals surface area contributed by atoms with Crippen LogP contribution in [0.15, 0.2) is 48.5 Å². The molecule has 7 nitrogen and oxygen atoms in total. The average molecular weight is 392 g/mol. The lowest BCUT2D eigenvalue weighted by Gasteiger charge is -2.26. The lowest BCUT2D eigenvalue weighted by Crippen LogP contribution is -2.35. The van der Waals surface area contributed by atoms with Crippen molar-refractivity contribution in [2.45, 2.75) is 6.54 Å². The smallest absolute Gasteiger partial charge is 0.290 e. The number of carbonyl (C=O) groups is 2. The summed E-state index contributed by atoms with van der Waals surface area (Å²) in [6.07, 6.45) is 0. The van der Waals surface area contributed by atoms with E-state index in [2.05, 4.69) is 40.5 Å². The SMILES string of the molecule is CNC(=O)c1ccc(O)c(F)c1.O=CO.c1ccc(CN2CCOCC2)cc1. The van der Waals surface area contributed by atoms with Crippen molar-refractivity contribution in [2.75, 3.05) is 33.4 Å². The van der Waals surface area contributed by atoms with E-state index in [4.69, 9.17) is 19.7 Å². The largest absolute Gasteiger partial charge is 0.505 e. The number of phenols is 1. The van der Waals surface area contributed by atoms with Gasteiger partial charge in [-0.2, -0.15) is 0 Å². The highest BCUT2D eigenvalue weighted by molar-refractivity contribution is 5.94. The number of hydrogen-bond donors (Lipinski definition) is 3. The van der Waals surface area contributed by atoms with Crippen LogP contribution in [0.3, 0.4) is 0 Å². The number of nitrogens with zero attached hydrogens (tertiary/aromatic N) is 1. The van der Waals surface area contributed by atoms with Crippen LogP contribution in [-0.2, 0) is 16.1 Å². The van der Waals surface area contributed by atoms with E-state index in [1.54, 1.807) is 0 Å². The first-order chi connectivity index (χ1) is 13.5. The second-order valence-corrected chi connectivity index (χ2v) is 5.72. The van der Waals surface area contributed by atoms with Gasteiger partial charge in [0.2, 0.25) is 0 Å². The Hall–Kier alpha value is -2.97. The molecule has 0 unspecified atom stereocenters. The highest BCUT2D eigenvalue weighted by Crippen LogP contribution is 2.15. The van der Waals surface area contributed by atoms with Crippen molar-refractivity contribution >= 4 is 12.4 Å². The second kappa shape index (κ2) is 13.2. The molecule has 0 aromatic heterocycles. The van der Waals surface area contributed by atoms with Gasteiger partial charge in [0.1, 0.15) is 0 Å². The molecule has 1 fully saturated rings. The molecule has 0 spiro atoms. The molecule has 1 saturated heterocycles. The fourth-order valence-electron chi connectivity index (χ4n) is 2.39. The number of halogens is 1. The molecule has 1 heterocycles. The zero-order chi connectivity index (χ0) is 20.8. The van der Waals surface area contributed by atoms with Crippen LogP contribution in [0.4, 0.5) is 4.39 Å². The van der Waals surface area contributed by atoms with Gasteiger partial charge in [-0.25, -0.2) is 4.39 Å². The number of carbonyl (C=O) groups excluding carboxylic acids is 1. The molecule has 152 valence electrons. The van der Waals surface area contributed by atoms with Crippen LogP contribution >= 0.6 is 0 Å². The summed E-state index contributed by atoms with van der Waals surface area (Å²) in [5.74, 6) is -1.63. The maximum atomic E-state index is 12.6. The van der Waals surface area contributed by atoms with Crippen molar-refractivity contribution in [1.29, 1.82) is 0 Å². The minimum Gasteiger partial charge on any atom is -0.505 e. The maximum absolute atomic E-state index is 12.6. The molecule has 3 N–H and O–H groups in total. The van der Waals surface area contributed by atoms with Gasteiger partial charge in [-0.1, -0.05) is 30.3 Å². The first-order valence-electron chi connectivity index (χ1n) is 8.64. The quantitative estimate of drug-likeness (QED) is 0.692. The standard InChI is InChI=1S/C11H15NO.C8H8FNO2.CH2O2/c1-2-4-11(5-3-1)10-12-6-8-13-9-7-12;1-10-8(12)5-2-3-7(11)6(9)4-5;2-1-3/h1-5H,6-10H2;2-4,11H,1H3,(H,10,12);1H,(H,2,3). The summed E-state index contributed by atoms with van der Waals surface area (Å²) in [6.45, 7) is 4.70. The Labute approximate surface area is 163 Å². The van der Waals surface area contributed by atoms with E-state index >= 15 is 0 Å². The zero-order valence-corrected chi connectivity index (χ0v) is 15.7. The topological polar surface area (TPSA) is 99.1 Å². The van der Waals surface area contributed by atoms with Crippen LogP contribution in [0.25, 0.3) is 0 Å². The molecule has 1 aliphatic heterocycles. The van der Waals surface area contributed by atoms with Gasteiger partial charge in [-0.05, 0) is 23.8 Å². The fourth-order valence-corrected chi connectivity index (χ4v) is 2.39. The minimum atomic E-state index is -0.795. The van der Waals surface area contributed by atoms with Gasteiger partial charge in [-0.15, -0.1) is 0 Å². The van der Waals surface area contributed by atoms with Crippen LogP contribution in [0.1, 0.15) is 15.9 Å². The molecule has 0 atom stereocenters. The molecular formula is C20H25FN2O5. The molecule has 2 aromatic carbocycles. The summed E-state index contributed by atoms with van der Waals surface area (Å²) in [5, 5.41) is 18.0. The number of hydrogen-bond acceptors (Lipinski definition) is 5. The van der Waals surface area contributed by atoms with E-state index in [1.165, 1.54) is 18.7 Å². The number of amides is 1. The molecule has 0 aliphatic carbocycles. The van der Waals surface area contributed by atoms with Crippen molar-refractivity contribution < 1.29 is 28.9 Å². The summed E-state index contributed by atoms with van der Waals surface area (Å²) < 4.78 is 17.9. The number of phenolic OH excluding ortho intramolecular Hbond substituents is 1. The third-order valence-corrected chi connectivity index (χ3v) is 3.79. The predicted molar refractivity (Wildman–Crippen MR) is 103 cm³/mol. The second-order valence-electron chi connectivity index (χ2n) is 5.72. The Morgan fingerprint density at radius 1 is 1.21 bits per heavy atom. The number of rotatable bonds is 3. The zero-order valence-electron chi connectivity index (χ0n) is 15.7. The van der Waals surface area contributed by atoms with Crippen LogP contribution in [0.5, 0.6) is 5.75 Å². The number of carboxylic acid groups (broad SMARTS) is 1. The lowest BCUT2D eigenvalue weighted by atomic mass is 10.2. The van der Waals surface area contributed by atoms with Crippen molar-refractivity contribution in [2.24, 2.45) is 0 Å².